The van der Waals surface area contributed by atoms with Crippen LogP contribution >= 0.6 is 22.9 Å². The third-order valence-corrected chi connectivity index (χ3v) is 5.11. The largest absolute Gasteiger partial charge is 0.314 e. The second-order valence-corrected chi connectivity index (χ2v) is 7.10. The predicted octanol–water partition coefficient (Wildman–Crippen LogP) is 3.84. The van der Waals surface area contributed by atoms with Gasteiger partial charge in [-0.2, -0.15) is 0 Å². The Morgan fingerprint density at radius 3 is 2.62 bits per heavy atom. The lowest BCUT2D eigenvalue weighted by atomic mass is 10.0. The minimum Gasteiger partial charge on any atom is -0.314 e. The number of rotatable bonds is 3. The van der Waals surface area contributed by atoms with Gasteiger partial charge in [0.2, 0.25) is 0 Å². The summed E-state index contributed by atoms with van der Waals surface area (Å²) in [5.41, 5.74) is 1.68. The maximum Gasteiger partial charge on any atom is 0.128 e. The SMILES string of the molecule is Cc1ccc([C@@H](c2ccc(Cl)s2)N2CCNCC2)c(F)c1. The van der Waals surface area contributed by atoms with Crippen molar-refractivity contribution in [2.24, 2.45) is 0 Å². The predicted molar refractivity (Wildman–Crippen MR) is 86.8 cm³/mol. The zero-order valence-corrected chi connectivity index (χ0v) is 13.5. The Hall–Kier alpha value is -0.940. The van der Waals surface area contributed by atoms with E-state index in [-0.39, 0.29) is 11.9 Å². The molecule has 0 radical (unpaired) electrons. The molecule has 0 amide bonds. The van der Waals surface area contributed by atoms with E-state index in [0.717, 1.165) is 46.5 Å². The van der Waals surface area contributed by atoms with Gasteiger partial charge in [0.25, 0.3) is 0 Å². The Balaban J connectivity index is 2.02. The number of nitrogens with one attached hydrogen (secondary N) is 1. The Labute approximate surface area is 133 Å². The van der Waals surface area contributed by atoms with Crippen LogP contribution in [0.1, 0.15) is 22.0 Å². The van der Waals surface area contributed by atoms with Crippen LogP contribution in [0, 0.1) is 12.7 Å². The molecule has 1 atom stereocenters. The Morgan fingerprint density at radius 1 is 1.24 bits per heavy atom. The molecule has 2 heterocycles. The fourth-order valence-electron chi connectivity index (χ4n) is 2.80. The molecule has 3 rings (SSSR count). The third-order valence-electron chi connectivity index (χ3n) is 3.83. The highest BCUT2D eigenvalue weighted by Crippen LogP contribution is 2.36. The molecule has 1 aromatic heterocycles. The number of thiophene rings is 1. The lowest BCUT2D eigenvalue weighted by molar-refractivity contribution is 0.197. The summed E-state index contributed by atoms with van der Waals surface area (Å²) in [5.74, 6) is -0.136. The average molecular weight is 325 g/mol. The summed E-state index contributed by atoms with van der Waals surface area (Å²) in [5, 5.41) is 3.34. The van der Waals surface area contributed by atoms with E-state index in [1.807, 2.05) is 31.2 Å². The van der Waals surface area contributed by atoms with Crippen molar-refractivity contribution in [3.05, 3.63) is 56.5 Å². The third kappa shape index (κ3) is 3.29. The van der Waals surface area contributed by atoms with Gasteiger partial charge in [-0.15, -0.1) is 11.3 Å². The molecular weight excluding hydrogens is 307 g/mol. The summed E-state index contributed by atoms with van der Waals surface area (Å²) < 4.78 is 15.2. The lowest BCUT2D eigenvalue weighted by Crippen LogP contribution is -2.45. The first kappa shape index (κ1) is 15.0. The van der Waals surface area contributed by atoms with Crippen molar-refractivity contribution in [1.82, 2.24) is 10.2 Å². The summed E-state index contributed by atoms with van der Waals surface area (Å²) in [4.78, 5) is 3.43. The van der Waals surface area contributed by atoms with Gasteiger partial charge in [0.1, 0.15) is 5.82 Å². The highest BCUT2D eigenvalue weighted by Gasteiger charge is 2.27. The highest BCUT2D eigenvalue weighted by molar-refractivity contribution is 7.16. The number of hydrogen-bond acceptors (Lipinski definition) is 3. The second kappa shape index (κ2) is 6.44. The van der Waals surface area contributed by atoms with Gasteiger partial charge in [0.05, 0.1) is 10.4 Å². The smallest absolute Gasteiger partial charge is 0.128 e. The van der Waals surface area contributed by atoms with Crippen LogP contribution in [0.25, 0.3) is 0 Å². The molecule has 0 bridgehead atoms. The zero-order valence-electron chi connectivity index (χ0n) is 11.9. The summed E-state index contributed by atoms with van der Waals surface area (Å²) >= 11 is 7.62. The number of benzene rings is 1. The summed E-state index contributed by atoms with van der Waals surface area (Å²) in [7, 11) is 0. The molecule has 21 heavy (non-hydrogen) atoms. The number of hydrogen-bond donors (Lipinski definition) is 1. The van der Waals surface area contributed by atoms with Gasteiger partial charge in [0, 0.05) is 36.6 Å². The van der Waals surface area contributed by atoms with Gasteiger partial charge >= 0.3 is 0 Å². The van der Waals surface area contributed by atoms with Gasteiger partial charge in [-0.1, -0.05) is 23.7 Å². The molecule has 1 aromatic carbocycles. The Bertz CT molecular complexity index is 622. The molecule has 112 valence electrons. The summed E-state index contributed by atoms with van der Waals surface area (Å²) in [6, 6.07) is 9.35. The quantitative estimate of drug-likeness (QED) is 0.922. The van der Waals surface area contributed by atoms with Gasteiger partial charge < -0.3 is 5.32 Å². The summed E-state index contributed by atoms with van der Waals surface area (Å²) in [6.45, 7) is 5.60. The van der Waals surface area contributed by atoms with Crippen molar-refractivity contribution in [3.8, 4) is 0 Å². The van der Waals surface area contributed by atoms with E-state index in [2.05, 4.69) is 10.2 Å². The zero-order chi connectivity index (χ0) is 14.8. The summed E-state index contributed by atoms with van der Waals surface area (Å²) in [6.07, 6.45) is 0. The fourth-order valence-corrected chi connectivity index (χ4v) is 4.01. The van der Waals surface area contributed by atoms with Gasteiger partial charge in [-0.3, -0.25) is 4.90 Å². The van der Waals surface area contributed by atoms with E-state index in [4.69, 9.17) is 11.6 Å². The molecule has 1 N–H and O–H groups in total. The van der Waals surface area contributed by atoms with Crippen LogP contribution in [0.2, 0.25) is 4.34 Å². The molecule has 0 spiro atoms. The Kier molecular flexibility index (Phi) is 4.60. The van der Waals surface area contributed by atoms with E-state index in [9.17, 15) is 4.39 Å². The number of halogens is 2. The molecule has 1 aliphatic rings. The first-order chi connectivity index (χ1) is 10.1. The normalized spacial score (nSPS) is 17.9. The maximum atomic E-state index is 14.5. The molecule has 2 nitrogen and oxygen atoms in total. The highest BCUT2D eigenvalue weighted by atomic mass is 35.5. The van der Waals surface area contributed by atoms with Gasteiger partial charge in [0.15, 0.2) is 0 Å². The molecule has 5 heteroatoms. The van der Waals surface area contributed by atoms with Crippen LogP contribution in [0.3, 0.4) is 0 Å². The van der Waals surface area contributed by atoms with Crippen LogP contribution in [0.15, 0.2) is 30.3 Å². The van der Waals surface area contributed by atoms with Gasteiger partial charge in [-0.25, -0.2) is 4.39 Å². The van der Waals surface area contributed by atoms with Crippen LogP contribution in [0.5, 0.6) is 0 Å². The molecule has 1 fully saturated rings. The minimum absolute atomic E-state index is 0.0507. The van der Waals surface area contributed by atoms with Crippen molar-refractivity contribution < 1.29 is 4.39 Å². The number of nitrogens with zero attached hydrogens (tertiary/aromatic N) is 1. The van der Waals surface area contributed by atoms with Crippen LogP contribution in [0.4, 0.5) is 4.39 Å². The van der Waals surface area contributed by atoms with Gasteiger partial charge in [-0.05, 0) is 30.7 Å². The monoisotopic (exact) mass is 324 g/mol. The first-order valence-corrected chi connectivity index (χ1v) is 8.30. The number of piperazine rings is 1. The lowest BCUT2D eigenvalue weighted by Gasteiger charge is -2.35. The topological polar surface area (TPSA) is 15.3 Å². The van der Waals surface area contributed by atoms with E-state index in [1.54, 1.807) is 6.07 Å². The molecule has 2 aromatic rings. The van der Waals surface area contributed by atoms with E-state index in [0.29, 0.717) is 0 Å². The number of aryl methyl sites for hydroxylation is 1. The second-order valence-electron chi connectivity index (χ2n) is 5.36. The van der Waals surface area contributed by atoms with Crippen molar-refractivity contribution in [2.75, 3.05) is 26.2 Å². The molecule has 0 unspecified atom stereocenters. The maximum absolute atomic E-state index is 14.5. The van der Waals surface area contributed by atoms with Crippen molar-refractivity contribution in [3.63, 3.8) is 0 Å². The Morgan fingerprint density at radius 2 is 2.00 bits per heavy atom. The van der Waals surface area contributed by atoms with E-state index >= 15 is 0 Å². The van der Waals surface area contributed by atoms with Crippen molar-refractivity contribution in [1.29, 1.82) is 0 Å². The van der Waals surface area contributed by atoms with Crippen molar-refractivity contribution >= 4 is 22.9 Å². The van der Waals surface area contributed by atoms with E-state index < -0.39 is 0 Å². The first-order valence-electron chi connectivity index (χ1n) is 7.11. The van der Waals surface area contributed by atoms with Crippen LogP contribution in [-0.4, -0.2) is 31.1 Å². The molecule has 0 saturated carbocycles. The molecule has 1 aliphatic heterocycles. The molecule has 1 saturated heterocycles. The molecule has 0 aliphatic carbocycles. The van der Waals surface area contributed by atoms with Crippen LogP contribution in [-0.2, 0) is 0 Å². The standard InChI is InChI=1S/C16H18ClFN2S/c1-11-2-3-12(13(18)10-11)16(14-4-5-15(17)21-14)20-8-6-19-7-9-20/h2-5,10,16,19H,6-9H2,1H3/t16-/m0/s1. The molecular formula is C16H18ClFN2S. The minimum atomic E-state index is -0.136. The average Bonchev–Trinajstić information content (AvgIpc) is 2.89. The van der Waals surface area contributed by atoms with E-state index in [1.165, 1.54) is 11.3 Å². The van der Waals surface area contributed by atoms with Crippen molar-refractivity contribution in [2.45, 2.75) is 13.0 Å². The fraction of sp³-hybridized carbons (Fsp3) is 0.375. The van der Waals surface area contributed by atoms with Crippen LogP contribution < -0.4 is 5.32 Å².